The fourth-order valence-electron chi connectivity index (χ4n) is 0.996. The van der Waals surface area contributed by atoms with Crippen LogP contribution in [0.1, 0.15) is 18.1 Å². The van der Waals surface area contributed by atoms with Gasteiger partial charge in [-0.25, -0.2) is 0 Å². The molecule has 1 aromatic rings. The van der Waals surface area contributed by atoms with Gasteiger partial charge in [-0.05, 0) is 25.1 Å². The number of carbonyl (C=O) groups is 1. The zero-order valence-corrected chi connectivity index (χ0v) is 8.15. The van der Waals surface area contributed by atoms with Crippen LogP contribution in [0.2, 0.25) is 0 Å². The molecule has 0 saturated heterocycles. The normalized spacial score (nSPS) is 8.73. The second-order valence-electron chi connectivity index (χ2n) is 2.96. The fraction of sp³-hybridized carbons (Fsp3) is 0.182. The van der Waals surface area contributed by atoms with E-state index < -0.39 is 0 Å². The zero-order chi connectivity index (χ0) is 11.3. The number of nitriles is 2. The van der Waals surface area contributed by atoms with Crippen molar-refractivity contribution in [1.82, 2.24) is 0 Å². The summed E-state index contributed by atoms with van der Waals surface area (Å²) in [5.41, 5.74) is 0.681. The number of nitrogens with zero attached hydrogens (tertiary/aromatic N) is 2. The molecule has 0 aromatic heterocycles. The first-order valence-corrected chi connectivity index (χ1v) is 4.23. The van der Waals surface area contributed by atoms with Crippen molar-refractivity contribution in [2.75, 3.05) is 6.61 Å². The van der Waals surface area contributed by atoms with Crippen molar-refractivity contribution >= 4 is 5.78 Å². The Hall–Kier alpha value is -2.33. The molecule has 4 heteroatoms. The number of hydrogen-bond donors (Lipinski definition) is 0. The Morgan fingerprint density at radius 2 is 1.80 bits per heavy atom. The Labute approximate surface area is 87.3 Å². The Kier molecular flexibility index (Phi) is 3.43. The monoisotopic (exact) mass is 200 g/mol. The summed E-state index contributed by atoms with van der Waals surface area (Å²) in [6, 6.07) is 8.27. The first-order chi connectivity index (χ1) is 7.15. The highest BCUT2D eigenvalue weighted by Crippen LogP contribution is 2.16. The molecular weight excluding hydrogens is 192 g/mol. The maximum absolute atomic E-state index is 10.7. The molecule has 0 amide bonds. The number of ether oxygens (including phenoxy) is 1. The summed E-state index contributed by atoms with van der Waals surface area (Å²) < 4.78 is 5.10. The summed E-state index contributed by atoms with van der Waals surface area (Å²) in [6.07, 6.45) is 0. The topological polar surface area (TPSA) is 73.9 Å². The average Bonchev–Trinajstić information content (AvgIpc) is 2.25. The third kappa shape index (κ3) is 3.13. The van der Waals surface area contributed by atoms with E-state index in [-0.39, 0.29) is 12.4 Å². The van der Waals surface area contributed by atoms with Crippen LogP contribution in [0.5, 0.6) is 5.75 Å². The van der Waals surface area contributed by atoms with Gasteiger partial charge in [0.25, 0.3) is 0 Å². The molecule has 0 aliphatic heterocycles. The summed E-state index contributed by atoms with van der Waals surface area (Å²) in [7, 11) is 0. The molecule has 74 valence electrons. The summed E-state index contributed by atoms with van der Waals surface area (Å²) in [5, 5.41) is 17.4. The van der Waals surface area contributed by atoms with Crippen LogP contribution in [0.4, 0.5) is 0 Å². The summed E-state index contributed by atoms with van der Waals surface area (Å²) in [4.78, 5) is 10.7. The Morgan fingerprint density at radius 3 is 2.20 bits per heavy atom. The van der Waals surface area contributed by atoms with E-state index in [2.05, 4.69) is 0 Å². The van der Waals surface area contributed by atoms with Crippen molar-refractivity contribution < 1.29 is 9.53 Å². The molecule has 15 heavy (non-hydrogen) atoms. The first-order valence-electron chi connectivity index (χ1n) is 4.23. The lowest BCUT2D eigenvalue weighted by atomic mass is 10.1. The summed E-state index contributed by atoms with van der Waals surface area (Å²) >= 11 is 0. The molecule has 0 saturated carbocycles. The second kappa shape index (κ2) is 4.78. The van der Waals surface area contributed by atoms with Crippen LogP contribution < -0.4 is 4.74 Å². The highest BCUT2D eigenvalue weighted by atomic mass is 16.5. The van der Waals surface area contributed by atoms with Gasteiger partial charge in [-0.3, -0.25) is 4.79 Å². The molecule has 0 fully saturated rings. The van der Waals surface area contributed by atoms with Gasteiger partial charge in [0.15, 0.2) is 5.78 Å². The maximum atomic E-state index is 10.7. The SMILES string of the molecule is CC(=O)COc1cc(C#N)cc(C#N)c1. The molecule has 4 nitrogen and oxygen atoms in total. The maximum Gasteiger partial charge on any atom is 0.167 e. The van der Waals surface area contributed by atoms with Crippen LogP contribution in [-0.2, 0) is 4.79 Å². The first kappa shape index (κ1) is 10.7. The second-order valence-corrected chi connectivity index (χ2v) is 2.96. The summed E-state index contributed by atoms with van der Waals surface area (Å²) in [5.74, 6) is 0.247. The van der Waals surface area contributed by atoms with E-state index in [1.165, 1.54) is 25.1 Å². The molecule has 1 aromatic carbocycles. The van der Waals surface area contributed by atoms with E-state index in [1.54, 1.807) is 0 Å². The standard InChI is InChI=1S/C11H8N2O2/c1-8(14)7-15-11-3-9(5-12)2-10(4-11)6-13/h2-4H,7H2,1H3. The van der Waals surface area contributed by atoms with Gasteiger partial charge in [0.2, 0.25) is 0 Å². The van der Waals surface area contributed by atoms with Crippen LogP contribution in [-0.4, -0.2) is 12.4 Å². The van der Waals surface area contributed by atoms with Crippen molar-refractivity contribution in [3.63, 3.8) is 0 Å². The Bertz CT molecular complexity index is 434. The van der Waals surface area contributed by atoms with Crippen molar-refractivity contribution in [2.45, 2.75) is 6.92 Å². The number of rotatable bonds is 3. The van der Waals surface area contributed by atoms with Crippen molar-refractivity contribution in [3.05, 3.63) is 29.3 Å². The minimum absolute atomic E-state index is 0.0558. The molecule has 0 spiro atoms. The van der Waals surface area contributed by atoms with E-state index in [0.717, 1.165) is 0 Å². The lowest BCUT2D eigenvalue weighted by Gasteiger charge is -2.04. The van der Waals surface area contributed by atoms with Gasteiger partial charge < -0.3 is 4.74 Å². The van der Waals surface area contributed by atoms with E-state index in [0.29, 0.717) is 16.9 Å². The van der Waals surface area contributed by atoms with E-state index >= 15 is 0 Å². The van der Waals surface area contributed by atoms with Crippen molar-refractivity contribution in [1.29, 1.82) is 10.5 Å². The third-order valence-electron chi connectivity index (χ3n) is 1.61. The highest BCUT2D eigenvalue weighted by molar-refractivity contribution is 5.77. The number of benzene rings is 1. The molecule has 0 atom stereocenters. The number of hydrogen-bond acceptors (Lipinski definition) is 4. The Balaban J connectivity index is 2.94. The van der Waals surface area contributed by atoms with Gasteiger partial charge in [0.05, 0.1) is 23.3 Å². The van der Waals surface area contributed by atoms with Crippen LogP contribution >= 0.6 is 0 Å². The molecule has 0 radical (unpaired) electrons. The minimum atomic E-state index is -0.115. The quantitative estimate of drug-likeness (QED) is 0.739. The lowest BCUT2D eigenvalue weighted by Crippen LogP contribution is -2.06. The van der Waals surface area contributed by atoms with Gasteiger partial charge >= 0.3 is 0 Å². The number of Topliss-reactive ketones (excluding diaryl/α,β-unsaturated/α-hetero) is 1. The smallest absolute Gasteiger partial charge is 0.167 e. The van der Waals surface area contributed by atoms with Crippen molar-refractivity contribution in [3.8, 4) is 17.9 Å². The predicted molar refractivity (Wildman–Crippen MR) is 52.0 cm³/mol. The van der Waals surface area contributed by atoms with Crippen LogP contribution in [0.15, 0.2) is 18.2 Å². The van der Waals surface area contributed by atoms with Gasteiger partial charge in [-0.15, -0.1) is 0 Å². The molecule has 0 bridgehead atoms. The van der Waals surface area contributed by atoms with Crippen LogP contribution in [0, 0.1) is 22.7 Å². The molecule has 0 N–H and O–H groups in total. The number of carbonyl (C=O) groups excluding carboxylic acids is 1. The molecule has 0 aliphatic rings. The molecular formula is C11H8N2O2. The summed E-state index contributed by atoms with van der Waals surface area (Å²) in [6.45, 7) is 1.35. The zero-order valence-electron chi connectivity index (χ0n) is 8.15. The molecule has 0 heterocycles. The van der Waals surface area contributed by atoms with Gasteiger partial charge in [0.1, 0.15) is 12.4 Å². The molecule has 1 rings (SSSR count). The highest BCUT2D eigenvalue weighted by Gasteiger charge is 2.02. The van der Waals surface area contributed by atoms with Gasteiger partial charge in [-0.1, -0.05) is 0 Å². The Morgan fingerprint density at radius 1 is 1.27 bits per heavy atom. The predicted octanol–water partition coefficient (Wildman–Crippen LogP) is 1.40. The fourth-order valence-corrected chi connectivity index (χ4v) is 0.996. The third-order valence-corrected chi connectivity index (χ3v) is 1.61. The van der Waals surface area contributed by atoms with Crippen LogP contribution in [0.25, 0.3) is 0 Å². The van der Waals surface area contributed by atoms with Crippen LogP contribution in [0.3, 0.4) is 0 Å². The van der Waals surface area contributed by atoms with E-state index in [9.17, 15) is 4.79 Å². The molecule has 0 unspecified atom stereocenters. The van der Waals surface area contributed by atoms with Gasteiger partial charge in [-0.2, -0.15) is 10.5 Å². The minimum Gasteiger partial charge on any atom is -0.486 e. The number of ketones is 1. The lowest BCUT2D eigenvalue weighted by molar-refractivity contribution is -0.118. The average molecular weight is 200 g/mol. The van der Waals surface area contributed by atoms with Gasteiger partial charge in [0, 0.05) is 0 Å². The molecule has 0 aliphatic carbocycles. The van der Waals surface area contributed by atoms with E-state index in [1.807, 2.05) is 12.1 Å². The van der Waals surface area contributed by atoms with E-state index in [4.69, 9.17) is 15.3 Å². The van der Waals surface area contributed by atoms with Crippen molar-refractivity contribution in [2.24, 2.45) is 0 Å². The largest absolute Gasteiger partial charge is 0.486 e.